The molecule has 5 rings (SSSR count). The van der Waals surface area contributed by atoms with E-state index in [1.165, 1.54) is 12.1 Å². The van der Waals surface area contributed by atoms with Crippen LogP contribution in [0.2, 0.25) is 5.02 Å². The van der Waals surface area contributed by atoms with Crippen LogP contribution < -0.4 is 11.1 Å². The molecular weight excluding hydrogens is 536 g/mol. The molecule has 2 amide bonds. The molecule has 2 heterocycles. The van der Waals surface area contributed by atoms with Crippen LogP contribution in [0.3, 0.4) is 0 Å². The number of amides is 2. The first-order chi connectivity index (χ1) is 18.3. The highest BCUT2D eigenvalue weighted by Crippen LogP contribution is 2.51. The number of carbonyl (C=O) groups excluding carboxylic acids is 2. The summed E-state index contributed by atoms with van der Waals surface area (Å²) in [5.74, 6) is -1.91. The average Bonchev–Trinajstić information content (AvgIpc) is 3.52. The molecule has 0 radical (unpaired) electrons. The van der Waals surface area contributed by atoms with Gasteiger partial charge in [-0.2, -0.15) is 5.10 Å². The third-order valence-electron chi connectivity index (χ3n) is 6.16. The van der Waals surface area contributed by atoms with E-state index >= 15 is 8.78 Å². The fourth-order valence-corrected chi connectivity index (χ4v) is 5.71. The fraction of sp³-hybridized carbons (Fsp3) is 0.269. The number of hydrogen-bond donors (Lipinski definition) is 2. The van der Waals surface area contributed by atoms with E-state index in [9.17, 15) is 9.59 Å². The summed E-state index contributed by atoms with van der Waals surface area (Å²) in [6, 6.07) is 7.12. The second kappa shape index (κ2) is 10.7. The molecule has 0 aliphatic heterocycles. The summed E-state index contributed by atoms with van der Waals surface area (Å²) in [4.78, 5) is 24.2. The number of nitrogens with two attached hydrogens (primary N) is 1. The number of ether oxygens (including phenoxy) is 1. The van der Waals surface area contributed by atoms with Crippen molar-refractivity contribution in [1.82, 2.24) is 19.7 Å². The zero-order valence-electron chi connectivity index (χ0n) is 20.3. The van der Waals surface area contributed by atoms with Gasteiger partial charge in [0.1, 0.15) is 0 Å². The molecule has 0 unspecified atom stereocenters. The van der Waals surface area contributed by atoms with Gasteiger partial charge in [-0.3, -0.25) is 4.68 Å². The minimum absolute atomic E-state index is 0.0383. The standard InChI is InChI=1S/C26H24ClF2N5O3S/c1-2-37-25(35)16-4-3-5-19(20(16)28)38-24-17-8-9-18(27)21(29)23(17)34(22(24)14-6-7-14)15-12-32-33(13-15)11-10-31-26(30)36/h3-5,8-9,12-14H,2,6-7,10-11H2,1H3,(H3,30,31,36). The molecule has 1 aliphatic carbocycles. The second-order valence-electron chi connectivity index (χ2n) is 8.77. The maximum absolute atomic E-state index is 15.6. The molecule has 0 bridgehead atoms. The Kier molecular flexibility index (Phi) is 7.31. The van der Waals surface area contributed by atoms with Gasteiger partial charge >= 0.3 is 12.0 Å². The molecule has 2 aromatic carbocycles. The Morgan fingerprint density at radius 1 is 1.24 bits per heavy atom. The molecule has 0 saturated heterocycles. The van der Waals surface area contributed by atoms with Crippen LogP contribution in [0.15, 0.2) is 52.5 Å². The Bertz CT molecular complexity index is 1550. The van der Waals surface area contributed by atoms with Crippen molar-refractivity contribution in [3.63, 3.8) is 0 Å². The van der Waals surface area contributed by atoms with Crippen molar-refractivity contribution in [2.75, 3.05) is 13.2 Å². The van der Waals surface area contributed by atoms with Crippen molar-refractivity contribution in [3.05, 3.63) is 70.6 Å². The molecule has 0 spiro atoms. The molecule has 12 heteroatoms. The predicted octanol–water partition coefficient (Wildman–Crippen LogP) is 5.63. The van der Waals surface area contributed by atoms with Crippen molar-refractivity contribution in [3.8, 4) is 5.69 Å². The first-order valence-corrected chi connectivity index (χ1v) is 13.2. The van der Waals surface area contributed by atoms with Gasteiger partial charge in [-0.25, -0.2) is 18.4 Å². The van der Waals surface area contributed by atoms with E-state index in [0.29, 0.717) is 22.5 Å². The van der Waals surface area contributed by atoms with Crippen LogP contribution in [0.1, 0.15) is 41.7 Å². The quantitative estimate of drug-likeness (QED) is 0.259. The normalized spacial score (nSPS) is 13.2. The molecule has 1 aliphatic rings. The monoisotopic (exact) mass is 559 g/mol. The van der Waals surface area contributed by atoms with E-state index in [1.807, 2.05) is 0 Å². The van der Waals surface area contributed by atoms with E-state index in [-0.39, 0.29) is 40.1 Å². The van der Waals surface area contributed by atoms with E-state index < -0.39 is 23.6 Å². The lowest BCUT2D eigenvalue weighted by molar-refractivity contribution is 0.0520. The number of primary amides is 1. The van der Waals surface area contributed by atoms with Gasteiger partial charge in [0.05, 0.1) is 41.1 Å². The predicted molar refractivity (Wildman–Crippen MR) is 140 cm³/mol. The highest BCUT2D eigenvalue weighted by atomic mass is 35.5. The Morgan fingerprint density at radius 3 is 2.74 bits per heavy atom. The number of benzene rings is 2. The van der Waals surface area contributed by atoms with Crippen LogP contribution in [0.5, 0.6) is 0 Å². The number of aromatic nitrogens is 3. The number of carbonyl (C=O) groups is 2. The molecule has 4 aromatic rings. The van der Waals surface area contributed by atoms with Gasteiger partial charge in [-0.05, 0) is 44.0 Å². The van der Waals surface area contributed by atoms with Gasteiger partial charge in [0.25, 0.3) is 0 Å². The Hall–Kier alpha value is -3.57. The van der Waals surface area contributed by atoms with Crippen LogP contribution in [-0.4, -0.2) is 39.5 Å². The first-order valence-electron chi connectivity index (χ1n) is 12.0. The lowest BCUT2D eigenvalue weighted by atomic mass is 10.2. The van der Waals surface area contributed by atoms with Gasteiger partial charge in [0, 0.05) is 39.5 Å². The zero-order valence-corrected chi connectivity index (χ0v) is 21.9. The Labute approximate surface area is 226 Å². The third kappa shape index (κ3) is 4.95. The lowest BCUT2D eigenvalue weighted by Gasteiger charge is -2.11. The molecule has 8 nitrogen and oxygen atoms in total. The fourth-order valence-electron chi connectivity index (χ4n) is 4.35. The van der Waals surface area contributed by atoms with Crippen LogP contribution >= 0.6 is 23.4 Å². The van der Waals surface area contributed by atoms with Crippen LogP contribution in [0.4, 0.5) is 13.6 Å². The van der Waals surface area contributed by atoms with Crippen molar-refractivity contribution in [1.29, 1.82) is 0 Å². The lowest BCUT2D eigenvalue weighted by Crippen LogP contribution is -2.32. The molecule has 38 heavy (non-hydrogen) atoms. The number of halogens is 3. The smallest absolute Gasteiger partial charge is 0.341 e. The minimum atomic E-state index is -0.742. The number of rotatable bonds is 9. The van der Waals surface area contributed by atoms with Crippen LogP contribution in [0, 0.1) is 11.6 Å². The van der Waals surface area contributed by atoms with E-state index in [4.69, 9.17) is 22.1 Å². The summed E-state index contributed by atoms with van der Waals surface area (Å²) in [5, 5.41) is 7.40. The van der Waals surface area contributed by atoms with Gasteiger partial charge in [-0.15, -0.1) is 0 Å². The summed E-state index contributed by atoms with van der Waals surface area (Å²) in [6.07, 6.45) is 5.12. The molecule has 2 aromatic heterocycles. The van der Waals surface area contributed by atoms with E-state index in [1.54, 1.807) is 46.8 Å². The Balaban J connectivity index is 1.64. The highest BCUT2D eigenvalue weighted by molar-refractivity contribution is 7.99. The van der Waals surface area contributed by atoms with Crippen molar-refractivity contribution >= 4 is 46.3 Å². The maximum Gasteiger partial charge on any atom is 0.341 e. The van der Waals surface area contributed by atoms with E-state index in [2.05, 4.69) is 10.4 Å². The molecule has 3 N–H and O–H groups in total. The summed E-state index contributed by atoms with van der Waals surface area (Å²) in [7, 11) is 0. The van der Waals surface area contributed by atoms with Crippen molar-refractivity contribution < 1.29 is 23.1 Å². The number of urea groups is 1. The number of fused-ring (bicyclic) bond motifs is 1. The van der Waals surface area contributed by atoms with Gasteiger partial charge in [0.15, 0.2) is 11.6 Å². The number of hydrogen-bond acceptors (Lipinski definition) is 5. The van der Waals surface area contributed by atoms with Gasteiger partial charge in [0.2, 0.25) is 0 Å². The SMILES string of the molecule is CCOC(=O)c1cccc(Sc2c(C3CC3)n(-c3cnn(CCNC(N)=O)c3)c3c(F)c(Cl)ccc23)c1F. The summed E-state index contributed by atoms with van der Waals surface area (Å²) in [5.41, 5.74) is 6.66. The largest absolute Gasteiger partial charge is 0.462 e. The summed E-state index contributed by atoms with van der Waals surface area (Å²) < 4.78 is 39.5. The average molecular weight is 560 g/mol. The van der Waals surface area contributed by atoms with Crippen LogP contribution in [-0.2, 0) is 11.3 Å². The van der Waals surface area contributed by atoms with Crippen LogP contribution in [0.25, 0.3) is 16.6 Å². The second-order valence-corrected chi connectivity index (χ2v) is 10.2. The molecule has 0 atom stereocenters. The summed E-state index contributed by atoms with van der Waals surface area (Å²) >= 11 is 7.34. The Morgan fingerprint density at radius 2 is 2.03 bits per heavy atom. The van der Waals surface area contributed by atoms with Gasteiger partial charge < -0.3 is 20.4 Å². The molecule has 198 valence electrons. The minimum Gasteiger partial charge on any atom is -0.462 e. The summed E-state index contributed by atoms with van der Waals surface area (Å²) in [6.45, 7) is 2.41. The zero-order chi connectivity index (χ0) is 27.0. The molecular formula is C26H24ClF2N5O3S. The number of esters is 1. The van der Waals surface area contributed by atoms with E-state index in [0.717, 1.165) is 30.3 Å². The van der Waals surface area contributed by atoms with Crippen molar-refractivity contribution in [2.24, 2.45) is 5.73 Å². The maximum atomic E-state index is 15.6. The number of nitrogens with zero attached hydrogens (tertiary/aromatic N) is 3. The van der Waals surface area contributed by atoms with Gasteiger partial charge in [-0.1, -0.05) is 29.4 Å². The molecule has 1 fully saturated rings. The van der Waals surface area contributed by atoms with Crippen molar-refractivity contribution in [2.45, 2.75) is 42.0 Å². The number of nitrogens with one attached hydrogen (secondary N) is 1. The topological polar surface area (TPSA) is 104 Å². The molecule has 1 saturated carbocycles. The first kappa shape index (κ1) is 26.1. The highest BCUT2D eigenvalue weighted by Gasteiger charge is 2.35. The third-order valence-corrected chi connectivity index (χ3v) is 7.62.